The Labute approximate surface area is 191 Å². The maximum Gasteiger partial charge on any atom is 0.341 e. The molecular formula is C27H35NO4. The zero-order chi connectivity index (χ0) is 22.8. The summed E-state index contributed by atoms with van der Waals surface area (Å²) in [7, 11) is 0. The molecule has 0 saturated heterocycles. The minimum Gasteiger partial charge on any atom is -0.482 e. The lowest BCUT2D eigenvalue weighted by atomic mass is 9.83. The Balaban J connectivity index is 1.59. The number of aliphatic carboxylic acids is 1. The Hall–Kier alpha value is -2.79. The van der Waals surface area contributed by atoms with Gasteiger partial charge in [0.25, 0.3) is 0 Å². The lowest BCUT2D eigenvalue weighted by Crippen LogP contribution is -2.20. The summed E-state index contributed by atoms with van der Waals surface area (Å²) in [5.41, 5.74) is 7.79. The van der Waals surface area contributed by atoms with Gasteiger partial charge in [-0.3, -0.25) is 10.3 Å². The monoisotopic (exact) mass is 437 g/mol. The number of unbranched alkanes of at least 4 members (excludes halogenated alkanes) is 2. The second-order valence-electron chi connectivity index (χ2n) is 8.54. The van der Waals surface area contributed by atoms with E-state index in [2.05, 4.69) is 55.7 Å². The molecule has 0 fully saturated rings. The van der Waals surface area contributed by atoms with Crippen LogP contribution in [0.2, 0.25) is 0 Å². The van der Waals surface area contributed by atoms with Crippen LogP contribution < -0.4 is 10.2 Å². The Bertz CT molecular complexity index is 894. The molecule has 2 N–H and O–H groups in total. The number of nitrogens with one attached hydrogen (secondary N) is 1. The van der Waals surface area contributed by atoms with E-state index in [1.807, 2.05) is 18.2 Å². The van der Waals surface area contributed by atoms with Gasteiger partial charge in [-0.05, 0) is 61.3 Å². The minimum absolute atomic E-state index is 0.0344. The number of carbonyl (C=O) groups is 1. The van der Waals surface area contributed by atoms with E-state index in [0.29, 0.717) is 11.7 Å². The van der Waals surface area contributed by atoms with Gasteiger partial charge in [0.15, 0.2) is 6.61 Å². The van der Waals surface area contributed by atoms with E-state index in [4.69, 9.17) is 14.7 Å². The summed E-state index contributed by atoms with van der Waals surface area (Å²) in [6.07, 6.45) is 9.62. The van der Waals surface area contributed by atoms with Crippen LogP contribution in [0.5, 0.6) is 5.75 Å². The molecule has 0 amide bonds. The van der Waals surface area contributed by atoms with Gasteiger partial charge in [-0.15, -0.1) is 0 Å². The molecule has 0 radical (unpaired) electrons. The highest BCUT2D eigenvalue weighted by atomic mass is 16.7. The molecule has 0 aliphatic heterocycles. The Morgan fingerprint density at radius 2 is 2.00 bits per heavy atom. The van der Waals surface area contributed by atoms with Crippen molar-refractivity contribution >= 4 is 5.97 Å². The molecule has 3 rings (SSSR count). The molecule has 2 aromatic rings. The highest BCUT2D eigenvalue weighted by Crippen LogP contribution is 2.33. The van der Waals surface area contributed by atoms with Gasteiger partial charge in [0.1, 0.15) is 11.9 Å². The average Bonchev–Trinajstić information content (AvgIpc) is 2.80. The number of carboxylic acid groups (broad SMARTS) is 1. The van der Waals surface area contributed by atoms with Gasteiger partial charge in [-0.1, -0.05) is 74.7 Å². The number of allylic oxidation sites excluding steroid dienone is 2. The first-order valence-electron chi connectivity index (χ1n) is 11.7. The first-order chi connectivity index (χ1) is 15.6. The largest absolute Gasteiger partial charge is 0.482 e. The summed E-state index contributed by atoms with van der Waals surface area (Å²) in [6.45, 7) is 3.96. The first-order valence-corrected chi connectivity index (χ1v) is 11.7. The van der Waals surface area contributed by atoms with Crippen LogP contribution in [0.4, 0.5) is 0 Å². The van der Waals surface area contributed by atoms with E-state index in [1.165, 1.54) is 24.0 Å². The summed E-state index contributed by atoms with van der Waals surface area (Å²) in [5, 5.41) is 8.89. The predicted molar refractivity (Wildman–Crippen MR) is 126 cm³/mol. The standard InChI is InChI=1S/C27H35NO4/c1-3-4-6-13-25(22-10-7-5-8-11-22)32-28-20(2)17-21-15-16-24-23(18-21)12-9-14-26(24)31-19-27(29)30/h5,7-12,14,17,21,25,28H,3-4,6,13,15-16,18-19H2,1-2H3,(H,29,30). The summed E-state index contributed by atoms with van der Waals surface area (Å²) in [6, 6.07) is 16.3. The summed E-state index contributed by atoms with van der Waals surface area (Å²) in [4.78, 5) is 17.0. The third kappa shape index (κ3) is 7.13. The third-order valence-electron chi connectivity index (χ3n) is 5.92. The highest BCUT2D eigenvalue weighted by molar-refractivity contribution is 5.68. The van der Waals surface area contributed by atoms with Crippen LogP contribution in [0.15, 0.2) is 60.3 Å². The smallest absolute Gasteiger partial charge is 0.341 e. The van der Waals surface area contributed by atoms with Crippen LogP contribution >= 0.6 is 0 Å². The topological polar surface area (TPSA) is 67.8 Å². The average molecular weight is 438 g/mol. The number of carboxylic acids is 1. The zero-order valence-electron chi connectivity index (χ0n) is 19.2. The molecule has 5 heteroatoms. The lowest BCUT2D eigenvalue weighted by Gasteiger charge is -2.25. The number of rotatable bonds is 12. The quantitative estimate of drug-likeness (QED) is 0.315. The maximum atomic E-state index is 10.8. The Kier molecular flexibility index (Phi) is 9.17. The Morgan fingerprint density at radius 3 is 2.75 bits per heavy atom. The number of hydrogen-bond donors (Lipinski definition) is 2. The summed E-state index contributed by atoms with van der Waals surface area (Å²) < 4.78 is 5.48. The van der Waals surface area contributed by atoms with Crippen molar-refractivity contribution in [3.05, 3.63) is 77.0 Å². The van der Waals surface area contributed by atoms with Crippen LogP contribution in [-0.2, 0) is 22.5 Å². The molecule has 0 spiro atoms. The number of fused-ring (bicyclic) bond motifs is 1. The molecular weight excluding hydrogens is 402 g/mol. The number of benzene rings is 2. The van der Waals surface area contributed by atoms with Crippen LogP contribution in [0.3, 0.4) is 0 Å². The number of ether oxygens (including phenoxy) is 1. The number of hydrogen-bond acceptors (Lipinski definition) is 4. The van der Waals surface area contributed by atoms with Crippen LogP contribution in [0.25, 0.3) is 0 Å². The molecule has 1 aliphatic rings. The van der Waals surface area contributed by atoms with Gasteiger partial charge in [-0.2, -0.15) is 0 Å². The SMILES string of the molecule is CCCCCC(ONC(C)=CC1CCc2c(cccc2OCC(=O)O)C1)c1ccccc1. The predicted octanol–water partition coefficient (Wildman–Crippen LogP) is 6.00. The van der Waals surface area contributed by atoms with Gasteiger partial charge in [0, 0.05) is 5.70 Å². The van der Waals surface area contributed by atoms with Crippen LogP contribution in [-0.4, -0.2) is 17.7 Å². The Morgan fingerprint density at radius 1 is 1.19 bits per heavy atom. The van der Waals surface area contributed by atoms with Crippen molar-refractivity contribution in [1.82, 2.24) is 5.48 Å². The van der Waals surface area contributed by atoms with E-state index in [0.717, 1.165) is 43.4 Å². The minimum atomic E-state index is -0.954. The molecule has 0 heterocycles. The molecule has 2 atom stereocenters. The van der Waals surface area contributed by atoms with Crippen molar-refractivity contribution in [3.63, 3.8) is 0 Å². The molecule has 0 saturated carbocycles. The maximum absolute atomic E-state index is 10.8. The number of hydroxylamine groups is 1. The van der Waals surface area contributed by atoms with Crippen molar-refractivity contribution in [1.29, 1.82) is 0 Å². The van der Waals surface area contributed by atoms with Gasteiger partial charge in [0.05, 0.1) is 0 Å². The van der Waals surface area contributed by atoms with Crippen molar-refractivity contribution in [2.24, 2.45) is 5.92 Å². The molecule has 1 aliphatic carbocycles. The molecule has 2 aromatic carbocycles. The molecule has 5 nitrogen and oxygen atoms in total. The van der Waals surface area contributed by atoms with Crippen LogP contribution in [0, 0.1) is 5.92 Å². The van der Waals surface area contributed by atoms with E-state index in [-0.39, 0.29) is 12.7 Å². The van der Waals surface area contributed by atoms with E-state index in [1.54, 1.807) is 0 Å². The normalized spacial score (nSPS) is 16.8. The van der Waals surface area contributed by atoms with Crippen molar-refractivity contribution in [2.45, 2.75) is 64.9 Å². The fourth-order valence-corrected chi connectivity index (χ4v) is 4.31. The van der Waals surface area contributed by atoms with E-state index in [9.17, 15) is 4.79 Å². The summed E-state index contributed by atoms with van der Waals surface area (Å²) >= 11 is 0. The molecule has 0 aromatic heterocycles. The molecule has 0 bridgehead atoms. The van der Waals surface area contributed by atoms with Crippen molar-refractivity contribution in [3.8, 4) is 5.75 Å². The van der Waals surface area contributed by atoms with Gasteiger partial charge in [0.2, 0.25) is 0 Å². The molecule has 172 valence electrons. The van der Waals surface area contributed by atoms with E-state index >= 15 is 0 Å². The van der Waals surface area contributed by atoms with Gasteiger partial charge in [-0.25, -0.2) is 4.79 Å². The van der Waals surface area contributed by atoms with Gasteiger partial charge < -0.3 is 9.84 Å². The fraction of sp³-hybridized carbons (Fsp3) is 0.444. The molecule has 32 heavy (non-hydrogen) atoms. The second kappa shape index (κ2) is 12.3. The lowest BCUT2D eigenvalue weighted by molar-refractivity contribution is -0.139. The van der Waals surface area contributed by atoms with E-state index < -0.39 is 5.97 Å². The molecule has 2 unspecified atom stereocenters. The van der Waals surface area contributed by atoms with Crippen LogP contribution in [0.1, 0.15) is 68.7 Å². The second-order valence-corrected chi connectivity index (χ2v) is 8.54. The van der Waals surface area contributed by atoms with Crippen molar-refractivity contribution < 1.29 is 19.5 Å². The zero-order valence-corrected chi connectivity index (χ0v) is 19.2. The van der Waals surface area contributed by atoms with Crippen molar-refractivity contribution in [2.75, 3.05) is 6.61 Å². The summed E-state index contributed by atoms with van der Waals surface area (Å²) in [5.74, 6) is 0.149. The first kappa shape index (κ1) is 23.9. The van der Waals surface area contributed by atoms with Gasteiger partial charge >= 0.3 is 5.97 Å². The third-order valence-corrected chi connectivity index (χ3v) is 5.92. The highest BCUT2D eigenvalue weighted by Gasteiger charge is 2.21. The fourth-order valence-electron chi connectivity index (χ4n) is 4.31.